The summed E-state index contributed by atoms with van der Waals surface area (Å²) >= 11 is 0. The van der Waals surface area contributed by atoms with Crippen molar-refractivity contribution in [3.63, 3.8) is 0 Å². The second-order valence-electron chi connectivity index (χ2n) is 36.9. The Morgan fingerprint density at radius 2 is 0.700 bits per heavy atom. The van der Waals surface area contributed by atoms with Gasteiger partial charge >= 0.3 is 0 Å². The molecule has 0 saturated carbocycles. The number of nitrogen functional groups attached to an aromatic ring is 5. The van der Waals surface area contributed by atoms with Gasteiger partial charge in [0, 0.05) is 31.0 Å². The Balaban J connectivity index is 0.000000138. The molecule has 6 aliphatic heterocycles. The van der Waals surface area contributed by atoms with Crippen LogP contribution in [0.5, 0.6) is 0 Å². The van der Waals surface area contributed by atoms with Crippen molar-refractivity contribution in [2.75, 3.05) is 133 Å². The van der Waals surface area contributed by atoms with Crippen molar-refractivity contribution in [1.29, 1.82) is 0 Å². The molecule has 10 aromatic rings. The van der Waals surface area contributed by atoms with Gasteiger partial charge in [0.15, 0.2) is 65.5 Å². The lowest BCUT2D eigenvalue weighted by atomic mass is 9.95. The topological polar surface area (TPSA) is 501 Å². The van der Waals surface area contributed by atoms with E-state index in [1.807, 2.05) is 11.5 Å². The first-order valence-electron chi connectivity index (χ1n) is 39.6. The zero-order valence-corrected chi connectivity index (χ0v) is 75.3. The summed E-state index contributed by atoms with van der Waals surface area (Å²) in [5, 5.41) is 85.0. The molecule has 10 aromatic heterocycles. The molecular weight excluding hydrogens is 1640 g/mol. The summed E-state index contributed by atoms with van der Waals surface area (Å²) in [6.45, 7) is 22.4. The maximum absolute atomic E-state index is 14.8. The third-order valence-electron chi connectivity index (χ3n) is 23.1. The third kappa shape index (κ3) is 19.3. The molecule has 34 nitrogen and oxygen atoms in total. The molecule has 5 unspecified atom stereocenters. The first kappa shape index (κ1) is 92.2. The summed E-state index contributed by atoms with van der Waals surface area (Å²) in [6.07, 6.45) is 31.8. The van der Waals surface area contributed by atoms with E-state index < -0.39 is 155 Å². The highest BCUT2D eigenvalue weighted by Crippen LogP contribution is 2.53. The van der Waals surface area contributed by atoms with Crippen molar-refractivity contribution >= 4 is 150 Å². The Bertz CT molecular complexity index is 5220. The van der Waals surface area contributed by atoms with E-state index in [1.165, 1.54) is 10.9 Å². The number of halogens is 1. The lowest BCUT2D eigenvalue weighted by molar-refractivity contribution is -0.172. The highest BCUT2D eigenvalue weighted by molar-refractivity contribution is 7.73. The highest BCUT2D eigenvalue weighted by atomic mass is 31.2. The van der Waals surface area contributed by atoms with Crippen LogP contribution in [0.15, 0.2) is 93.0 Å². The molecule has 6 fully saturated rings. The normalized spacial score (nSPS) is 31.3. The SMILES string of the molecule is C=P(C)(C)CC[C@@]1(C)OC(n2cnc3c(N)ccnc32)[C@H](F)[C@@H]1O.C=P(C)(C)CC[C@@]1(C)OC(n2cnc3c(N)ccnc32)[C@H](O)[C@@H]1O.C=P(C)(C)CC[C@@]12CO[C@@H](C(n3cnc4c(N)ccnc43)O1)[C@@H]2O.C=P(C)(C)CC[C@H]1OC(n2cnc3c(N)ccnc32)[C@@](C)(O)[C@@H]1O.C=P(C)(C)CC[C@H]1OC(n2cnc3c(N)ccnc32)[C@](C)(O)[C@@H]1O. The predicted molar refractivity (Wildman–Crippen MR) is 486 cm³/mol. The molecule has 0 aromatic carbocycles. The fourth-order valence-corrected chi connectivity index (χ4v) is 20.6. The first-order chi connectivity index (χ1) is 55.8. The van der Waals surface area contributed by atoms with Gasteiger partial charge in [-0.25, -0.2) is 54.2 Å². The average molecular weight is 1760 g/mol. The Morgan fingerprint density at radius 3 is 1.05 bits per heavy atom. The molecular formula is C80H122FN20O14P5. The van der Waals surface area contributed by atoms with Crippen molar-refractivity contribution < 1.29 is 73.7 Å². The molecule has 0 spiro atoms. The van der Waals surface area contributed by atoms with Crippen LogP contribution in [0.2, 0.25) is 0 Å². The van der Waals surface area contributed by atoms with Gasteiger partial charge in [0.25, 0.3) is 0 Å². The number of alkyl halides is 1. The summed E-state index contributed by atoms with van der Waals surface area (Å²) in [5.41, 5.74) is 32.3. The molecule has 40 heteroatoms. The number of aliphatic hydroxyl groups is 8. The second-order valence-corrected chi connectivity index (χ2v) is 58.5. The van der Waals surface area contributed by atoms with Crippen molar-refractivity contribution in [3.05, 3.63) is 93.0 Å². The summed E-state index contributed by atoms with van der Waals surface area (Å²) in [4.78, 5) is 42.8. The van der Waals surface area contributed by atoms with Crippen molar-refractivity contribution in [3.8, 4) is 0 Å². The van der Waals surface area contributed by atoms with E-state index in [0.717, 1.165) is 37.2 Å². The third-order valence-corrected chi connectivity index (χ3v) is 30.4. The van der Waals surface area contributed by atoms with Gasteiger partial charge in [-0.05, 0) is 188 Å². The number of pyridine rings is 5. The van der Waals surface area contributed by atoms with E-state index >= 15 is 0 Å². The van der Waals surface area contributed by atoms with Crippen LogP contribution >= 0.6 is 34.4 Å². The number of fused-ring (bicyclic) bond motifs is 7. The molecule has 6 aliphatic rings. The Hall–Kier alpha value is -7.03. The maximum Gasteiger partial charge on any atom is 0.174 e. The molecule has 20 atom stereocenters. The summed E-state index contributed by atoms with van der Waals surface area (Å²) in [5.74, 6) is 0. The molecule has 120 heavy (non-hydrogen) atoms. The van der Waals surface area contributed by atoms with Crippen LogP contribution in [0, 0.1) is 0 Å². The molecule has 0 aliphatic carbocycles. The monoisotopic (exact) mass is 1760 g/mol. The number of anilines is 5. The number of nitrogens with zero attached hydrogens (tertiary/aromatic N) is 15. The minimum Gasteiger partial charge on any atom is -0.397 e. The standard InChI is InChI=1S/C16H24FN4O2P.C16H23N4O3P.3C16H25N4O3P/c1-16(6-8-24(2,3)4)13(22)11(17)15(23-16)21-9-20-12-10(18)5-7-19-14(12)21;1-24(2,3)7-5-16-8-22-12(13(16)21)15(23-16)20-9-19-11-10(17)4-6-18-14(11)20;1-16(6-8-24(2,3)4)13(22)12(21)15(23-16)20-9-19-11-10(17)5-7-18-14(11)20;2*1-16(22)13(21)11(6-8-24(2,3)4)23-15(16)20-9-19-12-10(17)5-7-18-14(12)20/h5,7,9,11,13,15,22H,2,6,8H2,1,3-4H3,(H2,18,19);4,6,9,12-13,15,21H,1,5,7-8H2,2-3H3,(H2,17,18);5,7,9,12-13,15,21-22H,2,6,8H2,1,3-4H3,(H2,17,18);2*5,7,9,11,13,15,21-22H,2,6,8H2,1,3-4H3,(H2,17,18)/t11-,13+,15?,16-;12-,13+,15?,16+;12-,13+,15?,16-;11-,13-,15?,16+;11-,13-,15?,16-/m11111/s1. The smallest absolute Gasteiger partial charge is 0.174 e. The maximum atomic E-state index is 14.8. The molecule has 16 rings (SSSR count). The lowest BCUT2D eigenvalue weighted by Gasteiger charge is -2.32. The number of hydrogen-bond donors (Lipinski definition) is 13. The summed E-state index contributed by atoms with van der Waals surface area (Å²) in [7, 11) is 0. The summed E-state index contributed by atoms with van der Waals surface area (Å²) in [6, 6.07) is 8.37. The van der Waals surface area contributed by atoms with Crippen LogP contribution in [-0.4, -0.2) is 338 Å². The second kappa shape index (κ2) is 34.5. The fraction of sp³-hybridized carbons (Fsp3) is 0.562. The van der Waals surface area contributed by atoms with Gasteiger partial charge in [-0.3, -0.25) is 22.8 Å². The van der Waals surface area contributed by atoms with Gasteiger partial charge < -0.3 is 97.9 Å². The Labute approximate surface area is 698 Å². The molecule has 2 bridgehead atoms. The van der Waals surface area contributed by atoms with E-state index in [1.54, 1.807) is 121 Å². The fourth-order valence-electron chi connectivity index (χ4n) is 15.6. The molecule has 16 heterocycles. The van der Waals surface area contributed by atoms with Crippen LogP contribution in [0.4, 0.5) is 32.8 Å². The van der Waals surface area contributed by atoms with Gasteiger partial charge in [-0.15, -0.1) is 65.9 Å². The van der Waals surface area contributed by atoms with Crippen LogP contribution in [0.3, 0.4) is 0 Å². The van der Waals surface area contributed by atoms with Crippen molar-refractivity contribution in [2.24, 2.45) is 0 Å². The Kier molecular flexibility index (Phi) is 26.5. The minimum atomic E-state index is -1.57. The number of rotatable bonds is 20. The first-order valence-corrected chi connectivity index (χ1v) is 54.9. The number of ether oxygens (including phenoxy) is 6. The molecule has 6 saturated heterocycles. The van der Waals surface area contributed by atoms with E-state index in [2.05, 4.69) is 148 Å². The summed E-state index contributed by atoms with van der Waals surface area (Å²) < 4.78 is 59.3. The molecule has 18 N–H and O–H groups in total. The number of aliphatic hydroxyl groups excluding tert-OH is 6. The van der Waals surface area contributed by atoms with E-state index in [9.17, 15) is 45.2 Å². The Morgan fingerprint density at radius 1 is 0.400 bits per heavy atom. The molecule has 0 radical (unpaired) electrons. The zero-order valence-electron chi connectivity index (χ0n) is 70.9. The van der Waals surface area contributed by atoms with Gasteiger partial charge in [-0.2, -0.15) is 0 Å². The van der Waals surface area contributed by atoms with E-state index in [0.29, 0.717) is 117 Å². The zero-order chi connectivity index (χ0) is 87.9. The van der Waals surface area contributed by atoms with Crippen LogP contribution in [-0.2, 0) is 28.4 Å². The number of hydrogen-bond acceptors (Lipinski definition) is 29. The van der Waals surface area contributed by atoms with Crippen molar-refractivity contribution in [1.82, 2.24) is 72.7 Å². The van der Waals surface area contributed by atoms with Crippen molar-refractivity contribution in [2.45, 2.75) is 180 Å². The number of nitrogens with two attached hydrogens (primary N) is 5. The molecule has 658 valence electrons. The van der Waals surface area contributed by atoms with E-state index in [4.69, 9.17) is 57.1 Å². The molecule has 0 amide bonds. The lowest BCUT2D eigenvalue weighted by Crippen LogP contribution is -2.43. The van der Waals surface area contributed by atoms with E-state index in [-0.39, 0.29) is 0 Å². The quantitative estimate of drug-likeness (QED) is 0.0357. The average Bonchev–Trinajstić information content (AvgIpc) is 1.57. The van der Waals surface area contributed by atoms with Crippen LogP contribution in [0.1, 0.15) is 90.9 Å². The van der Waals surface area contributed by atoms with Crippen LogP contribution in [0.25, 0.3) is 55.8 Å². The van der Waals surface area contributed by atoms with Gasteiger partial charge in [0.2, 0.25) is 0 Å². The number of imidazole rings is 5. The van der Waals surface area contributed by atoms with Gasteiger partial charge in [-0.1, -0.05) is 0 Å². The van der Waals surface area contributed by atoms with Gasteiger partial charge in [0.05, 0.1) is 90.1 Å². The highest BCUT2D eigenvalue weighted by Gasteiger charge is 2.62. The van der Waals surface area contributed by atoms with Gasteiger partial charge in [0.1, 0.15) is 87.1 Å². The van der Waals surface area contributed by atoms with Crippen LogP contribution < -0.4 is 28.7 Å². The predicted octanol–water partition coefficient (Wildman–Crippen LogP) is 6.61. The largest absolute Gasteiger partial charge is 0.397 e. The number of aromatic nitrogens is 15. The minimum absolute atomic E-state index is 0.414.